The summed E-state index contributed by atoms with van der Waals surface area (Å²) in [7, 11) is 0. The standard InChI is InChI=1S/C12H13N3S/c13-11-8-4-5-9-12(11)15(14,16)10-6-2-1-3-7-10/h1-9H,13-14H2. The molecule has 0 bridgehead atoms. The van der Waals surface area contributed by atoms with E-state index in [1.807, 2.05) is 48.5 Å². The van der Waals surface area contributed by atoms with Gasteiger partial charge in [-0.2, -0.15) is 5.84 Å². The van der Waals surface area contributed by atoms with Gasteiger partial charge in [-0.3, -0.25) is 4.00 Å². The van der Waals surface area contributed by atoms with Gasteiger partial charge in [0.25, 0.3) is 0 Å². The molecule has 2 aromatic carbocycles. The van der Waals surface area contributed by atoms with Gasteiger partial charge in [0, 0.05) is 6.07 Å². The number of nitrogen functional groups attached to an aromatic ring is 1. The summed E-state index contributed by atoms with van der Waals surface area (Å²) in [6.45, 7) is 0. The number of quaternary nitrogens is 1. The quantitative estimate of drug-likeness (QED) is 0.274. The molecule has 0 saturated carbocycles. The van der Waals surface area contributed by atoms with E-state index < -0.39 is 0 Å². The predicted octanol–water partition coefficient (Wildman–Crippen LogP) is 2.24. The second-order valence-corrected chi connectivity index (χ2v) is 4.13. The second kappa shape index (κ2) is 4.17. The molecule has 1 unspecified atom stereocenters. The molecule has 0 amide bonds. The molecule has 0 aromatic heterocycles. The Morgan fingerprint density at radius 2 is 1.44 bits per heavy atom. The van der Waals surface area contributed by atoms with Crippen LogP contribution in [0.15, 0.2) is 54.6 Å². The highest BCUT2D eigenvalue weighted by atomic mass is 32.1. The lowest BCUT2D eigenvalue weighted by Crippen LogP contribution is -2.45. The zero-order chi connectivity index (χ0) is 11.6. The van der Waals surface area contributed by atoms with E-state index in [9.17, 15) is 0 Å². The molecule has 4 N–H and O–H groups in total. The van der Waals surface area contributed by atoms with E-state index in [4.69, 9.17) is 24.4 Å². The zero-order valence-corrected chi connectivity index (χ0v) is 9.52. The van der Waals surface area contributed by atoms with Gasteiger partial charge in [-0.05, 0) is 18.2 Å². The van der Waals surface area contributed by atoms with Crippen molar-refractivity contribution in [2.24, 2.45) is 5.84 Å². The monoisotopic (exact) mass is 231 g/mol. The van der Waals surface area contributed by atoms with Crippen molar-refractivity contribution in [1.29, 1.82) is 0 Å². The van der Waals surface area contributed by atoms with Crippen molar-refractivity contribution in [3.05, 3.63) is 54.6 Å². The van der Waals surface area contributed by atoms with E-state index in [2.05, 4.69) is 0 Å². The molecular weight excluding hydrogens is 218 g/mol. The summed E-state index contributed by atoms with van der Waals surface area (Å²) in [6.07, 6.45) is 0. The van der Waals surface area contributed by atoms with Gasteiger partial charge < -0.3 is 18.5 Å². The van der Waals surface area contributed by atoms with Gasteiger partial charge in [0.2, 0.25) is 0 Å². The number of rotatable bonds is 2. The summed E-state index contributed by atoms with van der Waals surface area (Å²) in [4.78, 5) is 0. The molecule has 2 rings (SSSR count). The highest BCUT2D eigenvalue weighted by molar-refractivity contribution is 7.58. The summed E-state index contributed by atoms with van der Waals surface area (Å²) in [5.74, 6) is 6.13. The van der Waals surface area contributed by atoms with Crippen LogP contribution < -0.4 is 15.6 Å². The molecule has 0 radical (unpaired) electrons. The smallest absolute Gasteiger partial charge is 0.161 e. The lowest BCUT2D eigenvalue weighted by atomic mass is 10.2. The number of nitrogens with two attached hydrogens (primary N) is 2. The van der Waals surface area contributed by atoms with Crippen molar-refractivity contribution in [3.63, 3.8) is 0 Å². The van der Waals surface area contributed by atoms with Crippen LogP contribution in [0.5, 0.6) is 0 Å². The molecule has 0 aliphatic heterocycles. The van der Waals surface area contributed by atoms with Crippen LogP contribution in [0, 0.1) is 0 Å². The fraction of sp³-hybridized carbons (Fsp3) is 0. The summed E-state index contributed by atoms with van der Waals surface area (Å²) in [5, 5.41) is 0. The van der Waals surface area contributed by atoms with Gasteiger partial charge in [0.05, 0.1) is 5.69 Å². The molecule has 1 atom stereocenters. The van der Waals surface area contributed by atoms with Crippen LogP contribution in [0.4, 0.5) is 17.1 Å². The van der Waals surface area contributed by atoms with Crippen molar-refractivity contribution >= 4 is 29.9 Å². The number of benzene rings is 2. The maximum Gasteiger partial charge on any atom is 0.161 e. The molecule has 16 heavy (non-hydrogen) atoms. The van der Waals surface area contributed by atoms with Gasteiger partial charge in [-0.25, -0.2) is 0 Å². The Bertz CT molecular complexity index is 483. The molecule has 82 valence electrons. The molecule has 0 heterocycles. The SMILES string of the molecule is Nc1ccccc1[N+](N)([S-])c1ccccc1. The maximum atomic E-state index is 6.13. The summed E-state index contributed by atoms with van der Waals surface area (Å²) >= 11 is 5.40. The summed E-state index contributed by atoms with van der Waals surface area (Å²) in [5.41, 5.74) is 8.01. The Morgan fingerprint density at radius 3 is 2.06 bits per heavy atom. The average Bonchev–Trinajstić information content (AvgIpc) is 2.30. The van der Waals surface area contributed by atoms with Gasteiger partial charge in [-0.1, -0.05) is 30.3 Å². The fourth-order valence-electron chi connectivity index (χ4n) is 1.58. The Hall–Kier alpha value is -1.49. The van der Waals surface area contributed by atoms with Crippen LogP contribution in [-0.4, -0.2) is 0 Å². The summed E-state index contributed by atoms with van der Waals surface area (Å²) in [6, 6.07) is 16.9. The fourth-order valence-corrected chi connectivity index (χ4v) is 1.87. The van der Waals surface area contributed by atoms with Crippen LogP contribution >= 0.6 is 0 Å². The van der Waals surface area contributed by atoms with Crippen LogP contribution in [0.3, 0.4) is 0 Å². The largest absolute Gasteiger partial charge is 0.457 e. The minimum Gasteiger partial charge on any atom is -0.457 e. The highest BCUT2D eigenvalue weighted by Crippen LogP contribution is 2.32. The number of para-hydroxylation sites is 3. The van der Waals surface area contributed by atoms with E-state index in [0.29, 0.717) is 11.4 Å². The third kappa shape index (κ3) is 1.90. The van der Waals surface area contributed by atoms with Gasteiger partial charge in [-0.15, -0.1) is 0 Å². The average molecular weight is 231 g/mol. The Labute approximate surface area is 100 Å². The predicted molar refractivity (Wildman–Crippen MR) is 70.3 cm³/mol. The van der Waals surface area contributed by atoms with Crippen LogP contribution in [-0.2, 0) is 12.8 Å². The Morgan fingerprint density at radius 1 is 0.875 bits per heavy atom. The van der Waals surface area contributed by atoms with E-state index in [-0.39, 0.29) is 4.00 Å². The number of hydrogen-bond donors (Lipinski definition) is 2. The van der Waals surface area contributed by atoms with Gasteiger partial charge in [0.15, 0.2) is 5.69 Å². The first kappa shape index (κ1) is 11.0. The van der Waals surface area contributed by atoms with Crippen molar-refractivity contribution in [2.45, 2.75) is 0 Å². The molecule has 3 nitrogen and oxygen atoms in total. The zero-order valence-electron chi connectivity index (χ0n) is 8.71. The van der Waals surface area contributed by atoms with Crippen LogP contribution in [0.25, 0.3) is 0 Å². The number of hydrogen-bond acceptors (Lipinski definition) is 3. The van der Waals surface area contributed by atoms with E-state index in [0.717, 1.165) is 5.69 Å². The molecular formula is C12H13N3S. The molecule has 0 saturated heterocycles. The minimum atomic E-state index is -0.256. The molecule has 0 aliphatic carbocycles. The lowest BCUT2D eigenvalue weighted by molar-refractivity contribution is 0.662. The van der Waals surface area contributed by atoms with E-state index in [1.165, 1.54) is 0 Å². The van der Waals surface area contributed by atoms with E-state index >= 15 is 0 Å². The molecule has 0 fully saturated rings. The first-order valence-corrected chi connectivity index (χ1v) is 5.28. The van der Waals surface area contributed by atoms with Gasteiger partial charge in [0.1, 0.15) is 5.69 Å². The van der Waals surface area contributed by atoms with Crippen molar-refractivity contribution in [3.8, 4) is 0 Å². The Balaban J connectivity index is 2.51. The van der Waals surface area contributed by atoms with Crippen molar-refractivity contribution in [2.75, 3.05) is 5.73 Å². The van der Waals surface area contributed by atoms with E-state index in [1.54, 1.807) is 6.07 Å². The number of anilines is 1. The first-order valence-electron chi connectivity index (χ1n) is 4.91. The first-order chi connectivity index (χ1) is 7.62. The molecule has 2 aromatic rings. The third-order valence-corrected chi connectivity index (χ3v) is 2.84. The molecule has 0 spiro atoms. The third-order valence-electron chi connectivity index (χ3n) is 2.43. The van der Waals surface area contributed by atoms with Crippen LogP contribution in [0.2, 0.25) is 0 Å². The van der Waals surface area contributed by atoms with Crippen LogP contribution in [0.1, 0.15) is 0 Å². The normalized spacial score (nSPS) is 14.4. The minimum absolute atomic E-state index is 0.256. The molecule has 4 heteroatoms. The Kier molecular flexibility index (Phi) is 2.87. The lowest BCUT2D eigenvalue weighted by Gasteiger charge is -2.37. The topological polar surface area (TPSA) is 52.0 Å². The summed E-state index contributed by atoms with van der Waals surface area (Å²) < 4.78 is -0.256. The van der Waals surface area contributed by atoms with Crippen molar-refractivity contribution < 1.29 is 0 Å². The van der Waals surface area contributed by atoms with Gasteiger partial charge >= 0.3 is 0 Å². The highest BCUT2D eigenvalue weighted by Gasteiger charge is 2.19. The maximum absolute atomic E-state index is 6.13. The number of nitrogens with zero attached hydrogens (tertiary/aromatic N) is 1. The van der Waals surface area contributed by atoms with Crippen molar-refractivity contribution in [1.82, 2.24) is 4.00 Å². The molecule has 0 aliphatic rings. The second-order valence-electron chi connectivity index (χ2n) is 3.55.